The normalized spacial score (nSPS) is 11.7. The van der Waals surface area contributed by atoms with Crippen molar-refractivity contribution in [2.45, 2.75) is 24.8 Å². The highest BCUT2D eigenvalue weighted by molar-refractivity contribution is 5.90. The Bertz CT molecular complexity index is 692. The number of carbonyl (C=O) groups excluding carboxylic acids is 3. The average Bonchev–Trinajstić information content (AvgIpc) is 2.60. The van der Waals surface area contributed by atoms with E-state index >= 15 is 0 Å². The maximum Gasteiger partial charge on any atom is 0.232 e. The number of hydrogen-bond acceptors (Lipinski definition) is 4. The third-order valence-corrected chi connectivity index (χ3v) is 3.81. The SMILES string of the molecule is NC(=O)CC[C@@H](NC(=O)C(c1ccccc1)c1ccccc1)C(=O)[O-]. The number of nitrogens with two attached hydrogens (primary N) is 1. The van der Waals surface area contributed by atoms with Gasteiger partial charge in [-0.1, -0.05) is 60.7 Å². The van der Waals surface area contributed by atoms with E-state index in [1.165, 1.54) is 0 Å². The summed E-state index contributed by atoms with van der Waals surface area (Å²) < 4.78 is 0. The molecule has 2 amide bonds. The molecular formula is C19H19N2O4-. The summed E-state index contributed by atoms with van der Waals surface area (Å²) in [5.74, 6) is -3.23. The van der Waals surface area contributed by atoms with E-state index in [-0.39, 0.29) is 12.8 Å². The summed E-state index contributed by atoms with van der Waals surface area (Å²) in [6, 6.07) is 16.8. The van der Waals surface area contributed by atoms with Crippen LogP contribution in [0.2, 0.25) is 0 Å². The van der Waals surface area contributed by atoms with E-state index in [0.29, 0.717) is 0 Å². The fraction of sp³-hybridized carbons (Fsp3) is 0.211. The highest BCUT2D eigenvalue weighted by Crippen LogP contribution is 2.25. The smallest absolute Gasteiger partial charge is 0.232 e. The van der Waals surface area contributed by atoms with Crippen LogP contribution in [0.25, 0.3) is 0 Å². The Balaban J connectivity index is 2.26. The zero-order valence-electron chi connectivity index (χ0n) is 13.6. The third-order valence-electron chi connectivity index (χ3n) is 3.81. The molecule has 0 radical (unpaired) electrons. The maximum atomic E-state index is 12.8. The second kappa shape index (κ2) is 8.63. The summed E-state index contributed by atoms with van der Waals surface area (Å²) >= 11 is 0. The van der Waals surface area contributed by atoms with Crippen molar-refractivity contribution in [1.82, 2.24) is 5.32 Å². The van der Waals surface area contributed by atoms with Crippen LogP contribution < -0.4 is 16.2 Å². The number of carbonyl (C=O) groups is 3. The molecule has 2 aromatic rings. The van der Waals surface area contributed by atoms with Gasteiger partial charge in [0.25, 0.3) is 0 Å². The van der Waals surface area contributed by atoms with Gasteiger partial charge in [-0.25, -0.2) is 0 Å². The van der Waals surface area contributed by atoms with Crippen molar-refractivity contribution in [3.8, 4) is 0 Å². The van der Waals surface area contributed by atoms with Crippen LogP contribution in [0.15, 0.2) is 60.7 Å². The lowest BCUT2D eigenvalue weighted by atomic mass is 9.90. The third kappa shape index (κ3) is 5.17. The van der Waals surface area contributed by atoms with E-state index < -0.39 is 29.7 Å². The van der Waals surface area contributed by atoms with Crippen molar-refractivity contribution in [2.24, 2.45) is 5.73 Å². The summed E-state index contributed by atoms with van der Waals surface area (Å²) in [7, 11) is 0. The zero-order valence-corrected chi connectivity index (χ0v) is 13.6. The monoisotopic (exact) mass is 339 g/mol. The first-order valence-corrected chi connectivity index (χ1v) is 7.88. The molecule has 2 aromatic carbocycles. The fourth-order valence-corrected chi connectivity index (χ4v) is 2.58. The molecule has 0 saturated heterocycles. The number of hydrogen-bond donors (Lipinski definition) is 2. The van der Waals surface area contributed by atoms with Crippen molar-refractivity contribution in [1.29, 1.82) is 0 Å². The summed E-state index contributed by atoms with van der Waals surface area (Å²) in [6.07, 6.45) is -0.264. The van der Waals surface area contributed by atoms with Crippen molar-refractivity contribution in [3.05, 3.63) is 71.8 Å². The molecule has 0 aliphatic heterocycles. The molecule has 0 aromatic heterocycles. The van der Waals surface area contributed by atoms with Gasteiger partial charge in [-0.2, -0.15) is 0 Å². The number of carboxylic acids is 1. The largest absolute Gasteiger partial charge is 0.548 e. The number of primary amides is 1. The van der Waals surface area contributed by atoms with Crippen molar-refractivity contribution < 1.29 is 19.5 Å². The quantitative estimate of drug-likeness (QED) is 0.721. The molecule has 0 bridgehead atoms. The molecule has 6 heteroatoms. The predicted octanol–water partition coefficient (Wildman–Crippen LogP) is 0.319. The Labute approximate surface area is 145 Å². The lowest BCUT2D eigenvalue weighted by molar-refractivity contribution is -0.308. The molecule has 25 heavy (non-hydrogen) atoms. The number of amides is 2. The molecule has 130 valence electrons. The minimum Gasteiger partial charge on any atom is -0.548 e. The van der Waals surface area contributed by atoms with Gasteiger partial charge in [0, 0.05) is 6.42 Å². The van der Waals surface area contributed by atoms with Crippen LogP contribution in [0.5, 0.6) is 0 Å². The van der Waals surface area contributed by atoms with Gasteiger partial charge in [-0.3, -0.25) is 9.59 Å². The highest BCUT2D eigenvalue weighted by atomic mass is 16.4. The van der Waals surface area contributed by atoms with Crippen LogP contribution >= 0.6 is 0 Å². The first-order chi connectivity index (χ1) is 12.0. The van der Waals surface area contributed by atoms with Crippen molar-refractivity contribution in [2.75, 3.05) is 0 Å². The van der Waals surface area contributed by atoms with Gasteiger partial charge in [0.15, 0.2) is 0 Å². The van der Waals surface area contributed by atoms with E-state index in [2.05, 4.69) is 5.32 Å². The molecule has 1 atom stereocenters. The number of carboxylic acid groups (broad SMARTS) is 1. The van der Waals surface area contributed by atoms with Crippen LogP contribution in [0, 0.1) is 0 Å². The summed E-state index contributed by atoms with van der Waals surface area (Å²) in [6.45, 7) is 0. The molecular weight excluding hydrogens is 320 g/mol. The second-order valence-electron chi connectivity index (χ2n) is 5.64. The second-order valence-corrected chi connectivity index (χ2v) is 5.64. The Kier molecular flexibility index (Phi) is 6.28. The van der Waals surface area contributed by atoms with E-state index in [0.717, 1.165) is 11.1 Å². The lowest BCUT2D eigenvalue weighted by Gasteiger charge is -2.24. The molecule has 6 nitrogen and oxygen atoms in total. The van der Waals surface area contributed by atoms with Gasteiger partial charge in [0.1, 0.15) is 0 Å². The van der Waals surface area contributed by atoms with Gasteiger partial charge >= 0.3 is 0 Å². The van der Waals surface area contributed by atoms with E-state index in [9.17, 15) is 19.5 Å². The Hall–Kier alpha value is -3.15. The minimum absolute atomic E-state index is 0.111. The van der Waals surface area contributed by atoms with Crippen LogP contribution in [-0.2, 0) is 14.4 Å². The molecule has 3 N–H and O–H groups in total. The van der Waals surface area contributed by atoms with E-state index in [4.69, 9.17) is 5.73 Å². The molecule has 0 heterocycles. The summed E-state index contributed by atoms with van der Waals surface area (Å²) in [4.78, 5) is 34.9. The molecule has 0 saturated carbocycles. The molecule has 0 unspecified atom stereocenters. The summed E-state index contributed by atoms with van der Waals surface area (Å²) in [5.41, 5.74) is 6.52. The molecule has 0 aliphatic rings. The molecule has 2 rings (SSSR count). The topological polar surface area (TPSA) is 112 Å². The Morgan fingerprint density at radius 2 is 1.40 bits per heavy atom. The average molecular weight is 339 g/mol. The van der Waals surface area contributed by atoms with Crippen LogP contribution in [0.4, 0.5) is 0 Å². The maximum absolute atomic E-state index is 12.8. The first kappa shape index (κ1) is 18.2. The van der Waals surface area contributed by atoms with E-state index in [1.54, 1.807) is 24.3 Å². The lowest BCUT2D eigenvalue weighted by Crippen LogP contribution is -2.49. The fourth-order valence-electron chi connectivity index (χ4n) is 2.58. The zero-order chi connectivity index (χ0) is 18.2. The predicted molar refractivity (Wildman–Crippen MR) is 90.1 cm³/mol. The number of nitrogens with one attached hydrogen (secondary N) is 1. The minimum atomic E-state index is -1.45. The Morgan fingerprint density at radius 1 is 0.920 bits per heavy atom. The summed E-state index contributed by atoms with van der Waals surface area (Å²) in [5, 5.41) is 13.7. The van der Waals surface area contributed by atoms with Crippen molar-refractivity contribution in [3.63, 3.8) is 0 Å². The van der Waals surface area contributed by atoms with Crippen LogP contribution in [0.3, 0.4) is 0 Å². The Morgan fingerprint density at radius 3 is 1.80 bits per heavy atom. The number of benzene rings is 2. The van der Waals surface area contributed by atoms with E-state index in [1.807, 2.05) is 36.4 Å². The van der Waals surface area contributed by atoms with Gasteiger partial charge in [-0.15, -0.1) is 0 Å². The molecule has 0 fully saturated rings. The first-order valence-electron chi connectivity index (χ1n) is 7.88. The number of aliphatic carboxylic acids is 1. The highest BCUT2D eigenvalue weighted by Gasteiger charge is 2.25. The van der Waals surface area contributed by atoms with Crippen LogP contribution in [-0.4, -0.2) is 23.8 Å². The number of rotatable bonds is 8. The standard InChI is InChI=1S/C19H20N2O4/c20-16(22)12-11-15(19(24)25)21-18(23)17(13-7-3-1-4-8-13)14-9-5-2-6-10-14/h1-10,15,17H,11-12H2,(H2,20,22)(H,21,23)(H,24,25)/p-1/t15-/m1/s1. The van der Waals surface area contributed by atoms with Gasteiger partial charge < -0.3 is 21.0 Å². The molecule has 0 aliphatic carbocycles. The van der Waals surface area contributed by atoms with Gasteiger partial charge in [0.05, 0.1) is 17.9 Å². The molecule has 0 spiro atoms. The van der Waals surface area contributed by atoms with Gasteiger partial charge in [-0.05, 0) is 17.5 Å². The van der Waals surface area contributed by atoms with Gasteiger partial charge in [0.2, 0.25) is 11.8 Å². The van der Waals surface area contributed by atoms with Crippen molar-refractivity contribution >= 4 is 17.8 Å². The van der Waals surface area contributed by atoms with Crippen LogP contribution in [0.1, 0.15) is 29.9 Å².